The van der Waals surface area contributed by atoms with Gasteiger partial charge in [0.2, 0.25) is 0 Å². The summed E-state index contributed by atoms with van der Waals surface area (Å²) in [4.78, 5) is 0. The molecule has 2 aromatic rings. The van der Waals surface area contributed by atoms with Crippen molar-refractivity contribution in [2.24, 2.45) is 10.2 Å². The van der Waals surface area contributed by atoms with Crippen molar-refractivity contribution in [1.29, 1.82) is 5.26 Å². The van der Waals surface area contributed by atoms with Crippen LogP contribution in [0, 0.1) is 11.3 Å². The predicted molar refractivity (Wildman–Crippen MR) is 88.6 cm³/mol. The summed E-state index contributed by atoms with van der Waals surface area (Å²) in [5, 5.41) is 18.1. The molecule has 0 amide bonds. The molecule has 2 rings (SSSR count). The Morgan fingerprint density at radius 2 is 1.55 bits per heavy atom. The van der Waals surface area contributed by atoms with Crippen LogP contribution >= 0.6 is 0 Å². The fourth-order valence-electron chi connectivity index (χ4n) is 2.31. The molecule has 0 saturated heterocycles. The molecule has 2 atom stereocenters. The van der Waals surface area contributed by atoms with Gasteiger partial charge in [-0.25, -0.2) is 0 Å². The summed E-state index contributed by atoms with van der Waals surface area (Å²) in [6, 6.07) is 22.5. The smallest absolute Gasteiger partial charge is 0.168 e. The predicted octanol–water partition coefficient (Wildman–Crippen LogP) is 4.59. The van der Waals surface area contributed by atoms with Gasteiger partial charge in [0.15, 0.2) is 5.54 Å². The molecule has 0 aliphatic rings. The van der Waals surface area contributed by atoms with Crippen molar-refractivity contribution in [2.45, 2.75) is 38.3 Å². The molecule has 3 heteroatoms. The normalized spacial score (nSPS) is 15.1. The Labute approximate surface area is 132 Å². The van der Waals surface area contributed by atoms with Crippen LogP contribution in [0.15, 0.2) is 70.9 Å². The van der Waals surface area contributed by atoms with Gasteiger partial charge in [0.1, 0.15) is 0 Å². The Bertz CT molecular complexity index is 643. The lowest BCUT2D eigenvalue weighted by Crippen LogP contribution is -2.23. The summed E-state index contributed by atoms with van der Waals surface area (Å²) in [7, 11) is 0. The number of hydrogen-bond acceptors (Lipinski definition) is 3. The Balaban J connectivity index is 2.01. The summed E-state index contributed by atoms with van der Waals surface area (Å²) < 4.78 is 0. The maximum absolute atomic E-state index is 9.45. The highest BCUT2D eigenvalue weighted by atomic mass is 15.2. The topological polar surface area (TPSA) is 48.5 Å². The third-order valence-corrected chi connectivity index (χ3v) is 3.48. The summed E-state index contributed by atoms with van der Waals surface area (Å²) in [6.45, 7) is 3.86. The van der Waals surface area contributed by atoms with E-state index in [0.717, 1.165) is 12.0 Å². The van der Waals surface area contributed by atoms with Crippen LogP contribution in [0.5, 0.6) is 0 Å². The molecular formula is C19H21N3. The van der Waals surface area contributed by atoms with Gasteiger partial charge in [0.05, 0.1) is 12.1 Å². The van der Waals surface area contributed by atoms with E-state index in [1.165, 1.54) is 5.56 Å². The lowest BCUT2D eigenvalue weighted by molar-refractivity contribution is 0.529. The third-order valence-electron chi connectivity index (χ3n) is 3.48. The summed E-state index contributed by atoms with van der Waals surface area (Å²) in [5.74, 6) is 0. The molecular weight excluding hydrogens is 270 g/mol. The molecule has 0 aliphatic carbocycles. The maximum atomic E-state index is 9.45. The average molecular weight is 291 g/mol. The first-order valence-corrected chi connectivity index (χ1v) is 7.52. The maximum Gasteiger partial charge on any atom is 0.168 e. The van der Waals surface area contributed by atoms with Gasteiger partial charge in [-0.15, -0.1) is 0 Å². The van der Waals surface area contributed by atoms with Crippen molar-refractivity contribution in [3.63, 3.8) is 0 Å². The largest absolute Gasteiger partial charge is 0.196 e. The van der Waals surface area contributed by atoms with Crippen molar-refractivity contribution >= 4 is 0 Å². The molecule has 0 aliphatic heterocycles. The molecule has 112 valence electrons. The molecule has 0 heterocycles. The van der Waals surface area contributed by atoms with Gasteiger partial charge in [-0.2, -0.15) is 15.5 Å². The quantitative estimate of drug-likeness (QED) is 0.718. The first kappa shape index (κ1) is 15.9. The Kier molecular flexibility index (Phi) is 5.43. The Morgan fingerprint density at radius 1 is 1.00 bits per heavy atom. The second-order valence-corrected chi connectivity index (χ2v) is 5.80. The van der Waals surface area contributed by atoms with E-state index >= 15 is 0 Å². The fraction of sp³-hybridized carbons (Fsp3) is 0.316. The molecule has 0 radical (unpaired) electrons. The van der Waals surface area contributed by atoms with E-state index in [-0.39, 0.29) is 6.04 Å². The Hall–Kier alpha value is -2.47. The minimum absolute atomic E-state index is 0.0610. The molecule has 0 bridgehead atoms. The van der Waals surface area contributed by atoms with Crippen molar-refractivity contribution < 1.29 is 0 Å². The minimum atomic E-state index is -0.813. The molecule has 2 unspecified atom stereocenters. The zero-order chi connectivity index (χ0) is 15.8. The zero-order valence-electron chi connectivity index (χ0n) is 13.1. The second kappa shape index (κ2) is 7.51. The van der Waals surface area contributed by atoms with E-state index in [9.17, 15) is 5.26 Å². The number of nitrogens with zero attached hydrogens (tertiary/aromatic N) is 3. The van der Waals surface area contributed by atoms with Crippen molar-refractivity contribution in [3.05, 3.63) is 71.8 Å². The van der Waals surface area contributed by atoms with Crippen LogP contribution in [0.4, 0.5) is 0 Å². The van der Waals surface area contributed by atoms with Gasteiger partial charge >= 0.3 is 0 Å². The third kappa shape index (κ3) is 4.82. The molecule has 0 aromatic heterocycles. The number of rotatable bonds is 6. The molecule has 3 nitrogen and oxygen atoms in total. The van der Waals surface area contributed by atoms with Crippen LogP contribution in [-0.2, 0) is 12.8 Å². The van der Waals surface area contributed by atoms with E-state index in [1.807, 2.05) is 62.4 Å². The van der Waals surface area contributed by atoms with Crippen LogP contribution in [0.25, 0.3) is 0 Å². The highest BCUT2D eigenvalue weighted by Gasteiger charge is 2.24. The second-order valence-electron chi connectivity index (χ2n) is 5.80. The van der Waals surface area contributed by atoms with E-state index in [2.05, 4.69) is 28.4 Å². The molecule has 0 saturated carbocycles. The van der Waals surface area contributed by atoms with E-state index in [1.54, 1.807) is 0 Å². The van der Waals surface area contributed by atoms with Crippen molar-refractivity contribution in [1.82, 2.24) is 0 Å². The van der Waals surface area contributed by atoms with E-state index < -0.39 is 5.54 Å². The number of nitriles is 1. The van der Waals surface area contributed by atoms with Gasteiger partial charge in [-0.05, 0) is 31.4 Å². The van der Waals surface area contributed by atoms with Crippen molar-refractivity contribution in [3.8, 4) is 6.07 Å². The van der Waals surface area contributed by atoms with Gasteiger partial charge in [-0.1, -0.05) is 60.7 Å². The van der Waals surface area contributed by atoms with Crippen LogP contribution in [0.3, 0.4) is 0 Å². The van der Waals surface area contributed by atoms with Crippen molar-refractivity contribution in [2.75, 3.05) is 0 Å². The lowest BCUT2D eigenvalue weighted by Gasteiger charge is -2.16. The van der Waals surface area contributed by atoms with Gasteiger partial charge in [0, 0.05) is 6.42 Å². The minimum Gasteiger partial charge on any atom is -0.196 e. The lowest BCUT2D eigenvalue weighted by atomic mass is 9.95. The van der Waals surface area contributed by atoms with Crippen LogP contribution < -0.4 is 0 Å². The molecule has 2 aromatic carbocycles. The van der Waals surface area contributed by atoms with E-state index in [0.29, 0.717) is 6.42 Å². The van der Waals surface area contributed by atoms with Crippen LogP contribution in [0.1, 0.15) is 25.0 Å². The molecule has 22 heavy (non-hydrogen) atoms. The highest BCUT2D eigenvalue weighted by molar-refractivity contribution is 5.21. The monoisotopic (exact) mass is 291 g/mol. The number of benzene rings is 2. The SMILES string of the molecule is CC(Cc1ccccc1)N=NC(C)(C#N)Cc1ccccc1. The van der Waals surface area contributed by atoms with Gasteiger partial charge < -0.3 is 0 Å². The summed E-state index contributed by atoms with van der Waals surface area (Å²) in [5.41, 5.74) is 1.52. The van der Waals surface area contributed by atoms with Crippen LogP contribution in [-0.4, -0.2) is 11.6 Å². The number of hydrogen-bond donors (Lipinski definition) is 0. The van der Waals surface area contributed by atoms with Gasteiger partial charge in [-0.3, -0.25) is 0 Å². The van der Waals surface area contributed by atoms with Gasteiger partial charge in [0.25, 0.3) is 0 Å². The van der Waals surface area contributed by atoms with Crippen LogP contribution in [0.2, 0.25) is 0 Å². The standard InChI is InChI=1S/C19H21N3/c1-16(13-17-9-5-3-6-10-17)21-22-19(2,15-20)14-18-11-7-4-8-12-18/h3-12,16H,13-14H2,1-2H3. The molecule has 0 spiro atoms. The summed E-state index contributed by atoms with van der Waals surface area (Å²) >= 11 is 0. The highest BCUT2D eigenvalue weighted by Crippen LogP contribution is 2.18. The fourth-order valence-corrected chi connectivity index (χ4v) is 2.31. The summed E-state index contributed by atoms with van der Waals surface area (Å²) in [6.07, 6.45) is 1.41. The molecule has 0 fully saturated rings. The number of azo groups is 1. The zero-order valence-corrected chi connectivity index (χ0v) is 13.1. The Morgan fingerprint density at radius 3 is 2.09 bits per heavy atom. The average Bonchev–Trinajstić information content (AvgIpc) is 2.55. The molecule has 0 N–H and O–H groups in total. The first-order valence-electron chi connectivity index (χ1n) is 7.52. The van der Waals surface area contributed by atoms with E-state index in [4.69, 9.17) is 0 Å². The first-order chi connectivity index (χ1) is 10.6.